The van der Waals surface area contributed by atoms with Crippen LogP contribution in [0.4, 0.5) is 0 Å². The molecule has 0 unspecified atom stereocenters. The number of aromatic nitrogens is 1. The van der Waals surface area contributed by atoms with Gasteiger partial charge in [0.25, 0.3) is 5.56 Å². The second-order valence-corrected chi connectivity index (χ2v) is 7.37. The van der Waals surface area contributed by atoms with Gasteiger partial charge in [0, 0.05) is 15.6 Å². The predicted molar refractivity (Wildman–Crippen MR) is 108 cm³/mol. The number of benzene rings is 2. The molecule has 3 aromatic rings. The summed E-state index contributed by atoms with van der Waals surface area (Å²) in [6.07, 6.45) is 1.59. The highest BCUT2D eigenvalue weighted by Gasteiger charge is 2.11. The fraction of sp³-hybridized carbons (Fsp3) is 0.0500. The minimum absolute atomic E-state index is 0.113. The van der Waals surface area contributed by atoms with Crippen molar-refractivity contribution >= 4 is 46.2 Å². The first-order valence-electron chi connectivity index (χ1n) is 7.79. The lowest BCUT2D eigenvalue weighted by Gasteiger charge is -2.02. The molecule has 0 atom stereocenters. The molecular weight excluding hydrogens is 401 g/mol. The Morgan fingerprint density at radius 1 is 1.04 bits per heavy atom. The van der Waals surface area contributed by atoms with Gasteiger partial charge in [0.05, 0.1) is 11.1 Å². The summed E-state index contributed by atoms with van der Waals surface area (Å²) in [5, 5.41) is 19.4. The van der Waals surface area contributed by atoms with Crippen LogP contribution in [0.25, 0.3) is 11.6 Å². The van der Waals surface area contributed by atoms with E-state index in [-0.39, 0.29) is 17.7 Å². The molecule has 0 saturated heterocycles. The van der Waals surface area contributed by atoms with Crippen molar-refractivity contribution in [2.24, 2.45) is 0 Å². The average molecular weight is 412 g/mol. The molecule has 2 aromatic carbocycles. The minimum Gasteiger partial charge on any atom is -0.293 e. The van der Waals surface area contributed by atoms with Crippen molar-refractivity contribution in [3.8, 4) is 12.1 Å². The second kappa shape index (κ2) is 8.24. The van der Waals surface area contributed by atoms with Gasteiger partial charge in [-0.05, 0) is 23.8 Å². The van der Waals surface area contributed by atoms with Crippen molar-refractivity contribution in [2.45, 2.75) is 6.54 Å². The highest BCUT2D eigenvalue weighted by molar-refractivity contribution is 7.07. The molecule has 0 spiro atoms. The van der Waals surface area contributed by atoms with Crippen LogP contribution in [0.15, 0.2) is 53.3 Å². The third-order valence-corrected chi connectivity index (χ3v) is 5.59. The van der Waals surface area contributed by atoms with Crippen LogP contribution in [0.3, 0.4) is 0 Å². The molecule has 0 bridgehead atoms. The molecule has 0 radical (unpaired) electrons. The van der Waals surface area contributed by atoms with Gasteiger partial charge in [-0.3, -0.25) is 9.36 Å². The van der Waals surface area contributed by atoms with Gasteiger partial charge < -0.3 is 0 Å². The Morgan fingerprint density at radius 2 is 1.67 bits per heavy atom. The van der Waals surface area contributed by atoms with Crippen LogP contribution in [0.1, 0.15) is 11.1 Å². The predicted octanol–water partition coefficient (Wildman–Crippen LogP) is 3.29. The molecule has 0 fully saturated rings. The molecule has 27 heavy (non-hydrogen) atoms. The standard InChI is InChI=1S/C20H11Cl2N3OS/c21-16-7-4-8-17(22)15(16)9-18-19(26)25(12-13-5-2-1-3-6-13)20(27-18)14(10-23)11-24/h1-9H,12H2/b18-9-. The molecule has 0 saturated carbocycles. The molecule has 0 aliphatic carbocycles. The van der Waals surface area contributed by atoms with Crippen molar-refractivity contribution in [1.29, 1.82) is 10.5 Å². The minimum atomic E-state index is -0.308. The summed E-state index contributed by atoms with van der Waals surface area (Å²) in [4.78, 5) is 13.0. The van der Waals surface area contributed by atoms with Crippen LogP contribution in [0, 0.1) is 22.7 Å². The molecule has 1 aromatic heterocycles. The van der Waals surface area contributed by atoms with Crippen LogP contribution < -0.4 is 14.8 Å². The van der Waals surface area contributed by atoms with Gasteiger partial charge in [-0.1, -0.05) is 59.6 Å². The zero-order valence-electron chi connectivity index (χ0n) is 13.8. The molecular formula is C20H11Cl2N3OS. The van der Waals surface area contributed by atoms with Crippen LogP contribution in [0.5, 0.6) is 0 Å². The molecule has 0 amide bonds. The van der Waals surface area contributed by atoms with E-state index in [0.717, 1.165) is 16.9 Å². The largest absolute Gasteiger partial charge is 0.293 e. The Kier molecular flexibility index (Phi) is 5.78. The van der Waals surface area contributed by atoms with Crippen LogP contribution in [0.2, 0.25) is 10.0 Å². The molecule has 132 valence electrons. The van der Waals surface area contributed by atoms with Crippen LogP contribution in [-0.2, 0) is 6.54 Å². The van der Waals surface area contributed by atoms with Gasteiger partial charge in [-0.2, -0.15) is 10.5 Å². The number of hydrogen-bond acceptors (Lipinski definition) is 4. The van der Waals surface area contributed by atoms with Crippen LogP contribution >= 0.6 is 34.5 Å². The van der Waals surface area contributed by atoms with Gasteiger partial charge >= 0.3 is 0 Å². The Balaban J connectivity index is 2.31. The zero-order chi connectivity index (χ0) is 19.4. The third-order valence-electron chi connectivity index (χ3n) is 3.80. The molecule has 4 nitrogen and oxygen atoms in total. The number of hydrogen-bond donors (Lipinski definition) is 0. The van der Waals surface area contributed by atoms with E-state index in [4.69, 9.17) is 23.2 Å². The SMILES string of the molecule is N#CC(C#N)=c1s/c(=C\c2c(Cl)cccc2Cl)c(=O)n1Cc1ccccc1. The lowest BCUT2D eigenvalue weighted by molar-refractivity contribution is 0.754. The summed E-state index contributed by atoms with van der Waals surface area (Å²) in [7, 11) is 0. The number of nitrogens with zero attached hydrogens (tertiary/aromatic N) is 3. The maximum atomic E-state index is 13.0. The summed E-state index contributed by atoms with van der Waals surface area (Å²) in [6, 6.07) is 18.2. The second-order valence-electron chi connectivity index (χ2n) is 5.53. The van der Waals surface area contributed by atoms with Crippen molar-refractivity contribution in [2.75, 3.05) is 0 Å². The van der Waals surface area contributed by atoms with E-state index in [2.05, 4.69) is 0 Å². The lowest BCUT2D eigenvalue weighted by Crippen LogP contribution is -2.32. The summed E-state index contributed by atoms with van der Waals surface area (Å²) in [5.74, 6) is 0. The maximum Gasteiger partial charge on any atom is 0.269 e. The van der Waals surface area contributed by atoms with E-state index in [1.807, 2.05) is 42.5 Å². The van der Waals surface area contributed by atoms with Gasteiger partial charge in [0.1, 0.15) is 16.8 Å². The quantitative estimate of drug-likeness (QED) is 0.663. The van der Waals surface area contributed by atoms with Crippen molar-refractivity contribution in [3.63, 3.8) is 0 Å². The normalized spacial score (nSPS) is 11.0. The van der Waals surface area contributed by atoms with Gasteiger partial charge in [0.15, 0.2) is 5.57 Å². The van der Waals surface area contributed by atoms with Gasteiger partial charge in [-0.15, -0.1) is 11.3 Å². The van der Waals surface area contributed by atoms with E-state index in [1.165, 1.54) is 4.57 Å². The highest BCUT2D eigenvalue weighted by Crippen LogP contribution is 2.24. The smallest absolute Gasteiger partial charge is 0.269 e. The fourth-order valence-electron chi connectivity index (χ4n) is 2.52. The van der Waals surface area contributed by atoms with Gasteiger partial charge in [-0.25, -0.2) is 0 Å². The van der Waals surface area contributed by atoms with Crippen LogP contribution in [-0.4, -0.2) is 4.57 Å². The van der Waals surface area contributed by atoms with Crippen molar-refractivity contribution in [3.05, 3.63) is 89.3 Å². The molecule has 3 rings (SSSR count). The molecule has 7 heteroatoms. The molecule has 0 N–H and O–H groups in total. The number of rotatable bonds is 3. The monoisotopic (exact) mass is 411 g/mol. The first-order valence-corrected chi connectivity index (χ1v) is 9.36. The number of nitriles is 2. The van der Waals surface area contributed by atoms with Gasteiger partial charge in [0.2, 0.25) is 0 Å². The number of thiazole rings is 1. The fourth-order valence-corrected chi connectivity index (χ4v) is 4.06. The summed E-state index contributed by atoms with van der Waals surface area (Å²) >= 11 is 13.5. The van der Waals surface area contributed by atoms with E-state index in [1.54, 1.807) is 24.3 Å². The van der Waals surface area contributed by atoms with E-state index >= 15 is 0 Å². The number of halogens is 2. The van der Waals surface area contributed by atoms with E-state index < -0.39 is 0 Å². The maximum absolute atomic E-state index is 13.0. The van der Waals surface area contributed by atoms with Crippen molar-refractivity contribution in [1.82, 2.24) is 4.57 Å². The Bertz CT molecular complexity index is 1230. The first kappa shape index (κ1) is 18.9. The Hall–Kier alpha value is -2.83. The topological polar surface area (TPSA) is 69.6 Å². The summed E-state index contributed by atoms with van der Waals surface area (Å²) < 4.78 is 2.08. The van der Waals surface area contributed by atoms with E-state index in [0.29, 0.717) is 24.8 Å². The first-order chi connectivity index (χ1) is 13.0. The molecule has 1 heterocycles. The Labute approximate surface area is 169 Å². The van der Waals surface area contributed by atoms with Crippen molar-refractivity contribution < 1.29 is 0 Å². The Morgan fingerprint density at radius 3 is 2.26 bits per heavy atom. The summed E-state index contributed by atoms with van der Waals surface area (Å²) in [5.41, 5.74) is 0.986. The highest BCUT2D eigenvalue weighted by atomic mass is 35.5. The lowest BCUT2D eigenvalue weighted by atomic mass is 10.2. The third kappa shape index (κ3) is 3.97. The summed E-state index contributed by atoms with van der Waals surface area (Å²) in [6.45, 7) is 0.252. The zero-order valence-corrected chi connectivity index (χ0v) is 16.1. The average Bonchev–Trinajstić information content (AvgIpc) is 2.96. The van der Waals surface area contributed by atoms with E-state index in [9.17, 15) is 15.3 Å². The molecule has 0 aliphatic heterocycles. The molecule has 0 aliphatic rings.